The van der Waals surface area contributed by atoms with E-state index in [9.17, 15) is 0 Å². The maximum absolute atomic E-state index is 2.43. The summed E-state index contributed by atoms with van der Waals surface area (Å²) in [5.74, 6) is 0. The van der Waals surface area contributed by atoms with E-state index in [1.807, 2.05) is 0 Å². The number of rotatable bonds is 22. The Morgan fingerprint density at radius 2 is 0.571 bits per heavy atom. The molecule has 0 aromatic carbocycles. The van der Waals surface area contributed by atoms with Crippen LogP contribution in [0, 0.1) is 0 Å². The summed E-state index contributed by atoms with van der Waals surface area (Å²) in [5.41, 5.74) is 0. The van der Waals surface area contributed by atoms with Gasteiger partial charge in [-0.05, 0) is 25.7 Å². The lowest BCUT2D eigenvalue weighted by atomic mass is 10.0. The molecule has 0 fully saturated rings. The largest absolute Gasteiger partial charge is 1.00 e. The van der Waals surface area contributed by atoms with Gasteiger partial charge in [0.15, 0.2) is 0 Å². The molecule has 0 rings (SSSR count). The van der Waals surface area contributed by atoms with Gasteiger partial charge in [0.1, 0.15) is 0 Å². The van der Waals surface area contributed by atoms with E-state index >= 15 is 0 Å². The van der Waals surface area contributed by atoms with Crippen LogP contribution in [0.4, 0.5) is 0 Å². The summed E-state index contributed by atoms with van der Waals surface area (Å²) in [6.07, 6.45) is 29.0. The molecule has 0 unspecified atom stereocenters. The average molecular weight is 463 g/mol. The molecule has 0 bridgehead atoms. The molecule has 0 saturated heterocycles. The van der Waals surface area contributed by atoms with Gasteiger partial charge in [0, 0.05) is 0 Å². The molecule has 0 saturated carbocycles. The molecule has 0 spiro atoms. The highest BCUT2D eigenvalue weighted by Crippen LogP contribution is 2.14. The Morgan fingerprint density at radius 3 is 0.857 bits per heavy atom. The molecule has 0 radical (unpaired) electrons. The van der Waals surface area contributed by atoms with Gasteiger partial charge in [-0.2, -0.15) is 0 Å². The minimum Gasteiger partial charge on any atom is -1.00 e. The van der Waals surface area contributed by atoms with E-state index in [-0.39, 0.29) is 17.0 Å². The molecule has 0 aromatic rings. The summed E-state index contributed by atoms with van der Waals surface area (Å²) in [6.45, 7) is 7.36. The lowest BCUT2D eigenvalue weighted by molar-refractivity contribution is -0.890. The Morgan fingerprint density at radius 1 is 0.357 bits per heavy atom. The molecule has 0 aliphatic heterocycles. The number of halogens is 1. The van der Waals surface area contributed by atoms with Gasteiger partial charge in [0.05, 0.1) is 27.2 Å². The first kappa shape index (κ1) is 30.6. The zero-order valence-corrected chi connectivity index (χ0v) is 22.0. The van der Waals surface area contributed by atoms with E-state index in [1.54, 1.807) is 0 Å². The highest BCUT2D eigenvalue weighted by molar-refractivity contribution is 4.50. The number of quaternary nitrogens is 1. The summed E-state index contributed by atoms with van der Waals surface area (Å²) in [7, 11) is 4.86. The van der Waals surface area contributed by atoms with Crippen molar-refractivity contribution >= 4 is 0 Å². The van der Waals surface area contributed by atoms with Gasteiger partial charge in [-0.15, -0.1) is 0 Å². The Labute approximate surface area is 190 Å². The monoisotopic (exact) mass is 461 g/mol. The topological polar surface area (TPSA) is 0 Å². The highest BCUT2D eigenvalue weighted by atomic mass is 79.9. The van der Waals surface area contributed by atoms with Crippen molar-refractivity contribution in [2.24, 2.45) is 0 Å². The highest BCUT2D eigenvalue weighted by Gasteiger charge is 2.13. The summed E-state index contributed by atoms with van der Waals surface area (Å²) in [4.78, 5) is 0. The molecule has 2 heteroatoms. The smallest absolute Gasteiger partial charge is 0.0782 e. The number of nitrogens with zero attached hydrogens (tertiary/aromatic N) is 1. The summed E-state index contributed by atoms with van der Waals surface area (Å²) in [5, 5.41) is 0. The van der Waals surface area contributed by atoms with E-state index in [2.05, 4.69) is 27.9 Å². The van der Waals surface area contributed by atoms with Crippen molar-refractivity contribution < 1.29 is 21.5 Å². The predicted octanol–water partition coefficient (Wildman–Crippen LogP) is 5.91. The summed E-state index contributed by atoms with van der Waals surface area (Å²) in [6, 6.07) is 0. The third kappa shape index (κ3) is 24.5. The third-order valence-corrected chi connectivity index (χ3v) is 6.23. The van der Waals surface area contributed by atoms with Crippen molar-refractivity contribution in [2.75, 3.05) is 27.2 Å². The Balaban J connectivity index is 0. The van der Waals surface area contributed by atoms with E-state index in [0.29, 0.717) is 0 Å². The second-order valence-electron chi connectivity index (χ2n) is 9.75. The van der Waals surface area contributed by atoms with Crippen LogP contribution in [0.2, 0.25) is 0 Å². The first-order chi connectivity index (χ1) is 13.1. The molecule has 0 atom stereocenters. The molecule has 0 aromatic heterocycles. The standard InChI is InChI=1S/C26H56N.BrH/c1-5-7-9-11-12-13-14-15-16-17-18-19-20-21-22-24-26-27(3,4)25-23-10-8-6-2;/h5-26H2,1-4H3;1H/q+1;/p-1. The fourth-order valence-electron chi connectivity index (χ4n) is 4.17. The summed E-state index contributed by atoms with van der Waals surface area (Å²) < 4.78 is 1.24. The average Bonchev–Trinajstić information content (AvgIpc) is 2.65. The quantitative estimate of drug-likeness (QED) is 0.139. The fourth-order valence-corrected chi connectivity index (χ4v) is 4.17. The van der Waals surface area contributed by atoms with Crippen LogP contribution in [0.25, 0.3) is 0 Å². The Kier molecular flexibility index (Phi) is 25.9. The first-order valence-electron chi connectivity index (χ1n) is 12.9. The van der Waals surface area contributed by atoms with Crippen molar-refractivity contribution in [3.63, 3.8) is 0 Å². The molecule has 0 amide bonds. The SMILES string of the molecule is CCCCCCCCCCCCCCCCCC[N+](C)(C)CCCCCC.[Br-]. The maximum atomic E-state index is 2.43. The van der Waals surface area contributed by atoms with Gasteiger partial charge in [-0.25, -0.2) is 0 Å². The molecule has 28 heavy (non-hydrogen) atoms. The molecule has 0 heterocycles. The molecule has 0 aliphatic rings. The van der Waals surface area contributed by atoms with Gasteiger partial charge in [-0.1, -0.05) is 117 Å². The van der Waals surface area contributed by atoms with Gasteiger partial charge in [0.25, 0.3) is 0 Å². The first-order valence-corrected chi connectivity index (χ1v) is 12.9. The molecule has 0 N–H and O–H groups in total. The van der Waals surface area contributed by atoms with Crippen LogP contribution in [0.15, 0.2) is 0 Å². The van der Waals surface area contributed by atoms with E-state index in [1.165, 1.54) is 146 Å². The van der Waals surface area contributed by atoms with Crippen molar-refractivity contribution in [1.82, 2.24) is 0 Å². The van der Waals surface area contributed by atoms with Crippen molar-refractivity contribution in [3.05, 3.63) is 0 Å². The second kappa shape index (κ2) is 23.7. The van der Waals surface area contributed by atoms with Crippen molar-refractivity contribution in [1.29, 1.82) is 0 Å². The molecular weight excluding hydrogens is 406 g/mol. The lowest BCUT2D eigenvalue weighted by Crippen LogP contribution is -3.00. The van der Waals surface area contributed by atoms with E-state index < -0.39 is 0 Å². The van der Waals surface area contributed by atoms with Gasteiger partial charge >= 0.3 is 0 Å². The molecule has 172 valence electrons. The maximum Gasteiger partial charge on any atom is 0.0782 e. The van der Waals surface area contributed by atoms with Crippen LogP contribution in [0.1, 0.15) is 142 Å². The van der Waals surface area contributed by atoms with Crippen molar-refractivity contribution in [3.8, 4) is 0 Å². The number of hydrogen-bond acceptors (Lipinski definition) is 0. The van der Waals surface area contributed by atoms with Gasteiger partial charge in [0.2, 0.25) is 0 Å². The Bertz CT molecular complexity index is 278. The molecule has 1 nitrogen and oxygen atoms in total. The van der Waals surface area contributed by atoms with Gasteiger partial charge < -0.3 is 21.5 Å². The zero-order chi connectivity index (χ0) is 20.1. The van der Waals surface area contributed by atoms with Crippen LogP contribution < -0.4 is 17.0 Å². The van der Waals surface area contributed by atoms with Crippen LogP contribution in [-0.4, -0.2) is 31.7 Å². The van der Waals surface area contributed by atoms with Gasteiger partial charge in [-0.3, -0.25) is 0 Å². The Hall–Kier alpha value is 0.440. The fraction of sp³-hybridized carbons (Fsp3) is 1.00. The molecule has 0 aliphatic carbocycles. The minimum absolute atomic E-state index is 0. The van der Waals surface area contributed by atoms with Crippen LogP contribution >= 0.6 is 0 Å². The van der Waals surface area contributed by atoms with E-state index in [0.717, 1.165) is 0 Å². The van der Waals surface area contributed by atoms with Crippen LogP contribution in [0.5, 0.6) is 0 Å². The molecular formula is C26H56BrN. The third-order valence-electron chi connectivity index (χ3n) is 6.23. The van der Waals surface area contributed by atoms with Crippen LogP contribution in [-0.2, 0) is 0 Å². The lowest BCUT2D eigenvalue weighted by Gasteiger charge is -2.30. The van der Waals surface area contributed by atoms with E-state index in [4.69, 9.17) is 0 Å². The number of unbranched alkanes of at least 4 members (excludes halogenated alkanes) is 18. The van der Waals surface area contributed by atoms with Crippen molar-refractivity contribution in [2.45, 2.75) is 142 Å². The normalized spacial score (nSPS) is 11.6. The summed E-state index contributed by atoms with van der Waals surface area (Å²) >= 11 is 0. The predicted molar refractivity (Wildman–Crippen MR) is 126 cm³/mol. The van der Waals surface area contributed by atoms with Crippen LogP contribution in [0.3, 0.4) is 0 Å². The second-order valence-corrected chi connectivity index (χ2v) is 9.75. The number of hydrogen-bond donors (Lipinski definition) is 0. The zero-order valence-electron chi connectivity index (χ0n) is 20.4. The minimum atomic E-state index is 0.